The third kappa shape index (κ3) is 4.82. The fraction of sp³-hybridized carbons (Fsp3) is 0.346. The first-order valence-corrected chi connectivity index (χ1v) is 11.3. The fourth-order valence-corrected chi connectivity index (χ4v) is 4.38. The largest absolute Gasteiger partial charge is 0.341 e. The molecule has 1 aliphatic heterocycles. The fourth-order valence-electron chi connectivity index (χ4n) is 4.38. The van der Waals surface area contributed by atoms with Gasteiger partial charge in [0.25, 0.3) is 5.91 Å². The summed E-state index contributed by atoms with van der Waals surface area (Å²) in [5.74, 6) is -0.622. The first-order valence-electron chi connectivity index (χ1n) is 11.3. The number of likely N-dealkylation sites (N-methyl/N-ethyl adjacent to an activating group) is 1. The predicted molar refractivity (Wildman–Crippen MR) is 125 cm³/mol. The summed E-state index contributed by atoms with van der Waals surface area (Å²) in [6.45, 7) is 5.83. The first-order chi connectivity index (χ1) is 15.9. The Bertz CT molecular complexity index is 1160. The van der Waals surface area contributed by atoms with Gasteiger partial charge in [0.1, 0.15) is 5.82 Å². The Hall–Kier alpha value is -3.48. The highest BCUT2D eigenvalue weighted by atomic mass is 19.1. The van der Waals surface area contributed by atoms with Crippen LogP contribution in [0, 0.1) is 18.7 Å². The molecule has 0 radical (unpaired) electrons. The number of aromatic nitrogens is 2. The van der Waals surface area contributed by atoms with Gasteiger partial charge in [-0.05, 0) is 49.1 Å². The summed E-state index contributed by atoms with van der Waals surface area (Å²) in [6.07, 6.45) is 2.13. The summed E-state index contributed by atoms with van der Waals surface area (Å²) >= 11 is 0. The van der Waals surface area contributed by atoms with Crippen LogP contribution in [0.25, 0.3) is 11.1 Å². The van der Waals surface area contributed by atoms with E-state index in [0.717, 1.165) is 22.4 Å². The van der Waals surface area contributed by atoms with Gasteiger partial charge in [-0.15, -0.1) is 0 Å². The number of aryl methyl sites for hydroxylation is 1. The van der Waals surface area contributed by atoms with E-state index in [2.05, 4.69) is 5.10 Å². The van der Waals surface area contributed by atoms with Gasteiger partial charge in [-0.3, -0.25) is 14.3 Å². The van der Waals surface area contributed by atoms with Crippen molar-refractivity contribution in [2.45, 2.75) is 20.3 Å². The Morgan fingerprint density at radius 1 is 1.12 bits per heavy atom. The van der Waals surface area contributed by atoms with E-state index in [4.69, 9.17) is 0 Å². The maximum Gasteiger partial charge on any atom is 0.257 e. The highest BCUT2D eigenvalue weighted by molar-refractivity contribution is 5.95. The molecule has 1 aromatic heterocycles. The van der Waals surface area contributed by atoms with Gasteiger partial charge in [-0.2, -0.15) is 5.10 Å². The number of carbonyl (C=O) groups excluding carboxylic acids is 2. The van der Waals surface area contributed by atoms with Crippen molar-refractivity contribution in [3.63, 3.8) is 0 Å². The molecule has 0 bridgehead atoms. The van der Waals surface area contributed by atoms with Gasteiger partial charge >= 0.3 is 0 Å². The lowest BCUT2D eigenvalue weighted by atomic mass is 9.94. The monoisotopic (exact) mass is 448 g/mol. The molecular weight excluding hydrogens is 419 g/mol. The molecule has 0 N–H and O–H groups in total. The van der Waals surface area contributed by atoms with Gasteiger partial charge in [0.15, 0.2) is 0 Å². The molecule has 2 heterocycles. The molecule has 33 heavy (non-hydrogen) atoms. The Labute approximate surface area is 193 Å². The van der Waals surface area contributed by atoms with Crippen LogP contribution in [0.1, 0.15) is 28.5 Å². The summed E-state index contributed by atoms with van der Waals surface area (Å²) in [7, 11) is 1.81. The number of amides is 2. The van der Waals surface area contributed by atoms with E-state index in [1.54, 1.807) is 27.9 Å². The molecule has 4 rings (SSSR count). The zero-order valence-electron chi connectivity index (χ0n) is 19.3. The Kier molecular flexibility index (Phi) is 6.58. The van der Waals surface area contributed by atoms with Gasteiger partial charge in [-0.25, -0.2) is 4.39 Å². The molecule has 6 nitrogen and oxygen atoms in total. The highest BCUT2D eigenvalue weighted by Crippen LogP contribution is 2.24. The van der Waals surface area contributed by atoms with E-state index in [0.29, 0.717) is 38.2 Å². The van der Waals surface area contributed by atoms with Crippen LogP contribution < -0.4 is 0 Å². The van der Waals surface area contributed by atoms with Crippen LogP contribution in [0.5, 0.6) is 0 Å². The maximum absolute atomic E-state index is 13.3. The van der Waals surface area contributed by atoms with E-state index in [1.165, 1.54) is 12.1 Å². The van der Waals surface area contributed by atoms with Gasteiger partial charge in [0.05, 0.1) is 17.7 Å². The highest BCUT2D eigenvalue weighted by Gasteiger charge is 2.33. The van der Waals surface area contributed by atoms with Gasteiger partial charge in [0.2, 0.25) is 5.91 Å². The topological polar surface area (TPSA) is 58.4 Å². The minimum atomic E-state index is -0.336. The third-order valence-electron chi connectivity index (χ3n) is 6.46. The standard InChI is InChI=1S/C26H29FN4O2/c1-4-30-12-13-31(26(33)24-16-28-29(3)18(24)2)17-22(25(30)32)15-19-6-5-7-21(14-19)20-8-10-23(27)11-9-20/h5-11,14,16,22H,4,12-13,15,17H2,1-3H3. The molecule has 2 amide bonds. The van der Waals surface area contributed by atoms with Gasteiger partial charge < -0.3 is 9.80 Å². The SMILES string of the molecule is CCN1CCN(C(=O)c2cnn(C)c2C)CC(Cc2cccc(-c3ccc(F)cc3)c2)C1=O. The molecule has 1 aliphatic rings. The molecule has 3 aromatic rings. The van der Waals surface area contributed by atoms with E-state index < -0.39 is 0 Å². The zero-order chi connectivity index (χ0) is 23.5. The molecule has 0 aliphatic carbocycles. The van der Waals surface area contributed by atoms with Crippen molar-refractivity contribution in [2.24, 2.45) is 13.0 Å². The number of hydrogen-bond donors (Lipinski definition) is 0. The van der Waals surface area contributed by atoms with Gasteiger partial charge in [0, 0.05) is 38.9 Å². The van der Waals surface area contributed by atoms with Crippen LogP contribution in [-0.2, 0) is 18.3 Å². The van der Waals surface area contributed by atoms with Crippen LogP contribution in [0.4, 0.5) is 4.39 Å². The van der Waals surface area contributed by atoms with Crippen LogP contribution >= 0.6 is 0 Å². The third-order valence-corrected chi connectivity index (χ3v) is 6.46. The van der Waals surface area contributed by atoms with E-state index in [-0.39, 0.29) is 23.5 Å². The van der Waals surface area contributed by atoms with Crippen LogP contribution in [0.2, 0.25) is 0 Å². The molecule has 7 heteroatoms. The number of hydrogen-bond acceptors (Lipinski definition) is 3. The van der Waals surface area contributed by atoms with Crippen molar-refractivity contribution in [2.75, 3.05) is 26.2 Å². The van der Waals surface area contributed by atoms with Gasteiger partial charge in [-0.1, -0.05) is 36.4 Å². The van der Waals surface area contributed by atoms with Crippen molar-refractivity contribution in [3.8, 4) is 11.1 Å². The predicted octanol–water partition coefficient (Wildman–Crippen LogP) is 3.70. The average molecular weight is 449 g/mol. The molecule has 1 saturated heterocycles. The lowest BCUT2D eigenvalue weighted by molar-refractivity contribution is -0.134. The smallest absolute Gasteiger partial charge is 0.257 e. The average Bonchev–Trinajstić information content (AvgIpc) is 3.06. The van der Waals surface area contributed by atoms with Crippen LogP contribution in [0.3, 0.4) is 0 Å². The molecule has 0 saturated carbocycles. The number of halogens is 1. The summed E-state index contributed by atoms with van der Waals surface area (Å²) < 4.78 is 15.0. The molecule has 1 unspecified atom stereocenters. The van der Waals surface area contributed by atoms with Crippen molar-refractivity contribution in [1.82, 2.24) is 19.6 Å². The van der Waals surface area contributed by atoms with Crippen LogP contribution in [0.15, 0.2) is 54.7 Å². The summed E-state index contributed by atoms with van der Waals surface area (Å²) in [4.78, 5) is 30.2. The minimum Gasteiger partial charge on any atom is -0.341 e. The van der Waals surface area contributed by atoms with Crippen molar-refractivity contribution in [3.05, 3.63) is 77.4 Å². The second-order valence-corrected chi connectivity index (χ2v) is 8.54. The maximum atomic E-state index is 13.3. The van der Waals surface area contributed by atoms with E-state index in [9.17, 15) is 14.0 Å². The van der Waals surface area contributed by atoms with Crippen molar-refractivity contribution in [1.29, 1.82) is 0 Å². The van der Waals surface area contributed by atoms with E-state index in [1.807, 2.05) is 50.1 Å². The normalized spacial score (nSPS) is 16.7. The lowest BCUT2D eigenvalue weighted by Gasteiger charge is -2.23. The number of carbonyl (C=O) groups is 2. The zero-order valence-corrected chi connectivity index (χ0v) is 19.3. The number of rotatable bonds is 5. The quantitative estimate of drug-likeness (QED) is 0.598. The molecule has 0 spiro atoms. The Morgan fingerprint density at radius 2 is 1.88 bits per heavy atom. The van der Waals surface area contributed by atoms with Crippen molar-refractivity contribution >= 4 is 11.8 Å². The molecule has 172 valence electrons. The second kappa shape index (κ2) is 9.57. The summed E-state index contributed by atoms with van der Waals surface area (Å²) in [5, 5.41) is 4.20. The summed E-state index contributed by atoms with van der Waals surface area (Å²) in [6, 6.07) is 14.4. The lowest BCUT2D eigenvalue weighted by Crippen LogP contribution is -2.38. The molecule has 1 atom stereocenters. The number of benzene rings is 2. The molecular formula is C26H29FN4O2. The molecule has 1 fully saturated rings. The first kappa shape index (κ1) is 22.7. The Balaban J connectivity index is 1.58. The number of nitrogens with zero attached hydrogens (tertiary/aromatic N) is 4. The second-order valence-electron chi connectivity index (χ2n) is 8.54. The van der Waals surface area contributed by atoms with Crippen molar-refractivity contribution < 1.29 is 14.0 Å². The van der Waals surface area contributed by atoms with Crippen LogP contribution in [-0.4, -0.2) is 57.6 Å². The molecule has 2 aromatic carbocycles. The Morgan fingerprint density at radius 3 is 2.55 bits per heavy atom. The van der Waals surface area contributed by atoms with E-state index >= 15 is 0 Å². The summed E-state index contributed by atoms with van der Waals surface area (Å²) in [5.41, 5.74) is 4.29. The minimum absolute atomic E-state index is 0.0721.